The summed E-state index contributed by atoms with van der Waals surface area (Å²) in [5.74, 6) is 0.0660. The quantitative estimate of drug-likeness (QED) is 0.728. The molecule has 0 bridgehead atoms. The SMILES string of the molecule is O=C(NCCc1ccccc1)c1nc(-c2ccc(N3CCCC3)cc2)no1. The van der Waals surface area contributed by atoms with Gasteiger partial charge in [0, 0.05) is 30.9 Å². The van der Waals surface area contributed by atoms with E-state index in [9.17, 15) is 4.79 Å². The van der Waals surface area contributed by atoms with Crippen LogP contribution in [-0.2, 0) is 6.42 Å². The number of amides is 1. The number of hydrogen-bond acceptors (Lipinski definition) is 5. The van der Waals surface area contributed by atoms with E-state index < -0.39 is 0 Å². The van der Waals surface area contributed by atoms with Crippen LogP contribution in [0.25, 0.3) is 11.4 Å². The minimum absolute atomic E-state index is 0.0123. The molecule has 27 heavy (non-hydrogen) atoms. The van der Waals surface area contributed by atoms with Crippen molar-refractivity contribution < 1.29 is 9.32 Å². The van der Waals surface area contributed by atoms with Crippen molar-refractivity contribution in [2.24, 2.45) is 0 Å². The number of nitrogens with one attached hydrogen (secondary N) is 1. The standard InChI is InChI=1S/C21H22N4O2/c26-20(22-13-12-16-6-2-1-3-7-16)21-23-19(24-27-21)17-8-10-18(11-9-17)25-14-4-5-15-25/h1-3,6-11H,4-5,12-15H2,(H,22,26). The minimum atomic E-state index is -0.349. The molecule has 1 N–H and O–H groups in total. The van der Waals surface area contributed by atoms with Crippen LogP contribution >= 0.6 is 0 Å². The lowest BCUT2D eigenvalue weighted by atomic mass is 10.1. The Kier molecular flexibility index (Phi) is 5.14. The van der Waals surface area contributed by atoms with Gasteiger partial charge in [-0.15, -0.1) is 0 Å². The third-order valence-electron chi connectivity index (χ3n) is 4.76. The predicted molar refractivity (Wildman–Crippen MR) is 104 cm³/mol. The summed E-state index contributed by atoms with van der Waals surface area (Å²) in [4.78, 5) is 18.8. The second kappa shape index (κ2) is 8.03. The molecule has 3 aromatic rings. The summed E-state index contributed by atoms with van der Waals surface area (Å²) in [5.41, 5.74) is 3.21. The Bertz CT molecular complexity index is 884. The largest absolute Gasteiger partial charge is 0.372 e. The molecule has 1 aromatic heterocycles. The van der Waals surface area contributed by atoms with Crippen molar-refractivity contribution in [2.75, 3.05) is 24.5 Å². The van der Waals surface area contributed by atoms with Gasteiger partial charge in [-0.25, -0.2) is 0 Å². The Balaban J connectivity index is 1.35. The van der Waals surface area contributed by atoms with Crippen molar-refractivity contribution in [3.05, 3.63) is 66.1 Å². The normalized spacial score (nSPS) is 13.7. The first kappa shape index (κ1) is 17.3. The van der Waals surface area contributed by atoms with Crippen LogP contribution in [0, 0.1) is 0 Å². The zero-order valence-corrected chi connectivity index (χ0v) is 15.1. The average Bonchev–Trinajstić information content (AvgIpc) is 3.41. The number of rotatable bonds is 6. The lowest BCUT2D eigenvalue weighted by Gasteiger charge is -2.17. The number of aromatic nitrogens is 2. The summed E-state index contributed by atoms with van der Waals surface area (Å²) < 4.78 is 5.13. The molecule has 0 aliphatic carbocycles. The number of carbonyl (C=O) groups excluding carboxylic acids is 1. The van der Waals surface area contributed by atoms with Gasteiger partial charge in [0.05, 0.1) is 0 Å². The Labute approximate surface area is 158 Å². The van der Waals surface area contributed by atoms with E-state index in [0.717, 1.165) is 25.1 Å². The number of carbonyl (C=O) groups is 1. The first-order valence-corrected chi connectivity index (χ1v) is 9.31. The van der Waals surface area contributed by atoms with E-state index in [1.54, 1.807) is 0 Å². The molecule has 2 heterocycles. The summed E-state index contributed by atoms with van der Waals surface area (Å²) in [6, 6.07) is 18.1. The fourth-order valence-electron chi connectivity index (χ4n) is 3.27. The third kappa shape index (κ3) is 4.16. The molecule has 4 rings (SSSR count). The molecule has 1 aliphatic heterocycles. The smallest absolute Gasteiger partial charge is 0.316 e. The van der Waals surface area contributed by atoms with Gasteiger partial charge >= 0.3 is 11.8 Å². The maximum Gasteiger partial charge on any atom is 0.316 e. The van der Waals surface area contributed by atoms with Gasteiger partial charge in [-0.05, 0) is 49.1 Å². The van der Waals surface area contributed by atoms with Gasteiger partial charge in [-0.3, -0.25) is 4.79 Å². The zero-order valence-electron chi connectivity index (χ0n) is 15.1. The Morgan fingerprint density at radius 2 is 1.78 bits per heavy atom. The molecule has 6 heteroatoms. The van der Waals surface area contributed by atoms with Crippen molar-refractivity contribution in [1.29, 1.82) is 0 Å². The molecule has 1 aliphatic rings. The maximum atomic E-state index is 12.2. The molecule has 138 valence electrons. The van der Waals surface area contributed by atoms with E-state index in [-0.39, 0.29) is 11.8 Å². The number of nitrogens with zero attached hydrogens (tertiary/aromatic N) is 3. The second-order valence-electron chi connectivity index (χ2n) is 6.66. The molecule has 0 spiro atoms. The van der Waals surface area contributed by atoms with Gasteiger partial charge in [-0.1, -0.05) is 35.5 Å². The van der Waals surface area contributed by atoms with Gasteiger partial charge in [0.25, 0.3) is 0 Å². The van der Waals surface area contributed by atoms with E-state index in [2.05, 4.69) is 32.5 Å². The van der Waals surface area contributed by atoms with Crippen LogP contribution in [0.5, 0.6) is 0 Å². The molecule has 1 amide bonds. The molecule has 0 radical (unpaired) electrons. The summed E-state index contributed by atoms with van der Waals surface area (Å²) in [6.07, 6.45) is 3.25. The van der Waals surface area contributed by atoms with Crippen molar-refractivity contribution in [1.82, 2.24) is 15.5 Å². The molecule has 1 fully saturated rings. The molecule has 6 nitrogen and oxygen atoms in total. The van der Waals surface area contributed by atoms with Crippen molar-refractivity contribution in [3.8, 4) is 11.4 Å². The number of hydrogen-bond donors (Lipinski definition) is 1. The van der Waals surface area contributed by atoms with Gasteiger partial charge in [-0.2, -0.15) is 4.98 Å². The topological polar surface area (TPSA) is 71.3 Å². The Morgan fingerprint density at radius 1 is 1.04 bits per heavy atom. The average molecular weight is 362 g/mol. The maximum absolute atomic E-state index is 12.2. The van der Waals surface area contributed by atoms with Crippen molar-refractivity contribution in [3.63, 3.8) is 0 Å². The highest BCUT2D eigenvalue weighted by Gasteiger charge is 2.17. The van der Waals surface area contributed by atoms with E-state index in [1.807, 2.05) is 42.5 Å². The summed E-state index contributed by atoms with van der Waals surface area (Å²) in [5, 5.41) is 6.76. The van der Waals surface area contributed by atoms with E-state index in [1.165, 1.54) is 24.1 Å². The monoisotopic (exact) mass is 362 g/mol. The predicted octanol–water partition coefficient (Wildman–Crippen LogP) is 3.31. The first-order chi connectivity index (χ1) is 13.3. The van der Waals surface area contributed by atoms with E-state index in [0.29, 0.717) is 12.4 Å². The molecule has 0 saturated carbocycles. The highest BCUT2D eigenvalue weighted by Crippen LogP contribution is 2.23. The van der Waals surface area contributed by atoms with Crippen LogP contribution in [0.1, 0.15) is 29.1 Å². The molecular formula is C21H22N4O2. The Morgan fingerprint density at radius 3 is 2.52 bits per heavy atom. The van der Waals surface area contributed by atoms with Gasteiger partial charge < -0.3 is 14.7 Å². The fourth-order valence-corrected chi connectivity index (χ4v) is 3.27. The van der Waals surface area contributed by atoms with Crippen molar-refractivity contribution in [2.45, 2.75) is 19.3 Å². The first-order valence-electron chi connectivity index (χ1n) is 9.31. The van der Waals surface area contributed by atoms with Crippen LogP contribution in [0.3, 0.4) is 0 Å². The summed E-state index contributed by atoms with van der Waals surface area (Å²) in [6.45, 7) is 2.73. The highest BCUT2D eigenvalue weighted by atomic mass is 16.5. The zero-order chi connectivity index (χ0) is 18.5. The molecular weight excluding hydrogens is 340 g/mol. The molecule has 0 atom stereocenters. The van der Waals surface area contributed by atoms with Crippen LogP contribution in [0.4, 0.5) is 5.69 Å². The van der Waals surface area contributed by atoms with Gasteiger partial charge in [0.2, 0.25) is 5.82 Å². The lowest BCUT2D eigenvalue weighted by molar-refractivity contribution is 0.0910. The second-order valence-corrected chi connectivity index (χ2v) is 6.66. The summed E-state index contributed by atoms with van der Waals surface area (Å²) >= 11 is 0. The summed E-state index contributed by atoms with van der Waals surface area (Å²) in [7, 11) is 0. The highest BCUT2D eigenvalue weighted by molar-refractivity contribution is 5.89. The Hall–Kier alpha value is -3.15. The van der Waals surface area contributed by atoms with Crippen molar-refractivity contribution >= 4 is 11.6 Å². The minimum Gasteiger partial charge on any atom is -0.372 e. The number of anilines is 1. The van der Waals surface area contributed by atoms with Gasteiger partial charge in [0.1, 0.15) is 0 Å². The molecule has 1 saturated heterocycles. The third-order valence-corrected chi connectivity index (χ3v) is 4.76. The molecule has 0 unspecified atom stereocenters. The van der Waals surface area contributed by atoms with Crippen LogP contribution in [-0.4, -0.2) is 35.7 Å². The van der Waals surface area contributed by atoms with Crippen LogP contribution in [0.2, 0.25) is 0 Å². The lowest BCUT2D eigenvalue weighted by Crippen LogP contribution is -2.25. The molecule has 2 aromatic carbocycles. The van der Waals surface area contributed by atoms with E-state index in [4.69, 9.17) is 4.52 Å². The number of benzene rings is 2. The van der Waals surface area contributed by atoms with Crippen LogP contribution < -0.4 is 10.2 Å². The van der Waals surface area contributed by atoms with Gasteiger partial charge in [0.15, 0.2) is 0 Å². The fraction of sp³-hybridized carbons (Fsp3) is 0.286. The van der Waals surface area contributed by atoms with Crippen LogP contribution in [0.15, 0.2) is 59.1 Å². The van der Waals surface area contributed by atoms with E-state index >= 15 is 0 Å².